The highest BCUT2D eigenvalue weighted by molar-refractivity contribution is 5.95. The van der Waals surface area contributed by atoms with Gasteiger partial charge in [-0.2, -0.15) is 13.2 Å². The maximum Gasteiger partial charge on any atom is 0.420 e. The van der Waals surface area contributed by atoms with E-state index < -0.39 is 11.7 Å². The molecule has 2 aromatic rings. The van der Waals surface area contributed by atoms with Gasteiger partial charge in [-0.1, -0.05) is 51.3 Å². The van der Waals surface area contributed by atoms with Crippen LogP contribution in [0.5, 0.6) is 11.5 Å². The molecule has 30 heavy (non-hydrogen) atoms. The molecule has 0 unspecified atom stereocenters. The second kappa shape index (κ2) is 9.93. The average molecular weight is 423 g/mol. The molecule has 0 heterocycles. The van der Waals surface area contributed by atoms with Crippen molar-refractivity contribution in [2.75, 3.05) is 13.7 Å². The molecule has 0 spiro atoms. The highest BCUT2D eigenvalue weighted by Crippen LogP contribution is 2.49. The fraction of sp³-hybridized carbons (Fsp3) is 0.600. The van der Waals surface area contributed by atoms with Gasteiger partial charge in [-0.3, -0.25) is 0 Å². The van der Waals surface area contributed by atoms with Gasteiger partial charge in [0.25, 0.3) is 0 Å². The molecule has 1 saturated carbocycles. The molecule has 1 aliphatic carbocycles. The van der Waals surface area contributed by atoms with Gasteiger partial charge in [0.1, 0.15) is 17.1 Å². The standard InChI is InChI=1S/C25H33F3O2/c1-4-6-16-30-21-15-13-19-12-14-20(18-10-8-17(7-5-2)9-11-18)24(29-3)22(19)23(21)25(26,27)28/h12-15,17-18H,4-11,16H2,1-3H3. The van der Waals surface area contributed by atoms with Gasteiger partial charge in [-0.15, -0.1) is 0 Å². The maximum atomic E-state index is 14.2. The third kappa shape index (κ3) is 4.87. The molecule has 0 atom stereocenters. The Bertz CT molecular complexity index is 836. The number of hydrogen-bond donors (Lipinski definition) is 0. The van der Waals surface area contributed by atoms with Gasteiger partial charge in [-0.05, 0) is 61.0 Å². The third-order valence-corrected chi connectivity index (χ3v) is 6.36. The first kappa shape index (κ1) is 22.8. The van der Waals surface area contributed by atoms with Gasteiger partial charge in [-0.25, -0.2) is 0 Å². The van der Waals surface area contributed by atoms with Crippen LogP contribution in [0.3, 0.4) is 0 Å². The molecule has 3 rings (SSSR count). The summed E-state index contributed by atoms with van der Waals surface area (Å²) in [5.41, 5.74) is 0.186. The van der Waals surface area contributed by atoms with E-state index in [4.69, 9.17) is 9.47 Å². The number of alkyl halides is 3. The summed E-state index contributed by atoms with van der Waals surface area (Å²) in [5, 5.41) is 0.664. The van der Waals surface area contributed by atoms with Crippen LogP contribution in [0.4, 0.5) is 13.2 Å². The zero-order valence-electron chi connectivity index (χ0n) is 18.3. The molecule has 0 amide bonds. The minimum Gasteiger partial charge on any atom is -0.496 e. The van der Waals surface area contributed by atoms with Gasteiger partial charge < -0.3 is 9.47 Å². The Morgan fingerprint density at radius 3 is 2.27 bits per heavy atom. The molecule has 1 aliphatic rings. The van der Waals surface area contributed by atoms with Gasteiger partial charge >= 0.3 is 6.18 Å². The fourth-order valence-corrected chi connectivity index (χ4v) is 4.82. The lowest BCUT2D eigenvalue weighted by Crippen LogP contribution is -2.15. The molecule has 0 saturated heterocycles. The Labute approximate surface area is 177 Å². The summed E-state index contributed by atoms with van der Waals surface area (Å²) in [6.07, 6.45) is 3.74. The molecule has 0 aromatic heterocycles. The van der Waals surface area contributed by atoms with E-state index in [1.165, 1.54) is 26.0 Å². The quantitative estimate of drug-likeness (QED) is 0.400. The van der Waals surface area contributed by atoms with Crippen LogP contribution in [-0.2, 0) is 6.18 Å². The summed E-state index contributed by atoms with van der Waals surface area (Å²) in [6.45, 7) is 4.46. The van der Waals surface area contributed by atoms with E-state index in [9.17, 15) is 13.2 Å². The highest BCUT2D eigenvalue weighted by atomic mass is 19.4. The Hall–Kier alpha value is -1.91. The van der Waals surface area contributed by atoms with Crippen molar-refractivity contribution in [1.82, 2.24) is 0 Å². The first-order valence-electron chi connectivity index (χ1n) is 11.2. The average Bonchev–Trinajstić information content (AvgIpc) is 2.72. The lowest BCUT2D eigenvalue weighted by atomic mass is 9.76. The van der Waals surface area contributed by atoms with Crippen molar-refractivity contribution >= 4 is 10.8 Å². The minimum atomic E-state index is -4.52. The Morgan fingerprint density at radius 1 is 0.967 bits per heavy atom. The summed E-state index contributed by atoms with van der Waals surface area (Å²) in [7, 11) is 1.48. The second-order valence-corrected chi connectivity index (χ2v) is 8.43. The lowest BCUT2D eigenvalue weighted by molar-refractivity contribution is -0.137. The van der Waals surface area contributed by atoms with Crippen LogP contribution >= 0.6 is 0 Å². The van der Waals surface area contributed by atoms with Crippen LogP contribution in [0.1, 0.15) is 82.3 Å². The predicted molar refractivity (Wildman–Crippen MR) is 116 cm³/mol. The second-order valence-electron chi connectivity index (χ2n) is 8.43. The van der Waals surface area contributed by atoms with Crippen LogP contribution in [-0.4, -0.2) is 13.7 Å². The first-order valence-corrected chi connectivity index (χ1v) is 11.2. The smallest absolute Gasteiger partial charge is 0.420 e. The number of hydrogen-bond acceptors (Lipinski definition) is 2. The topological polar surface area (TPSA) is 18.5 Å². The first-order chi connectivity index (χ1) is 14.4. The van der Waals surface area contributed by atoms with Crippen LogP contribution in [0.15, 0.2) is 24.3 Å². The van der Waals surface area contributed by atoms with Crippen LogP contribution in [0.25, 0.3) is 10.8 Å². The van der Waals surface area contributed by atoms with Crippen molar-refractivity contribution in [2.45, 2.75) is 77.3 Å². The molecular weight excluding hydrogens is 389 g/mol. The van der Waals surface area contributed by atoms with Crippen molar-refractivity contribution in [2.24, 2.45) is 5.92 Å². The largest absolute Gasteiger partial charge is 0.496 e. The summed E-state index contributed by atoms with van der Waals surface area (Å²) < 4.78 is 53.7. The van der Waals surface area contributed by atoms with Crippen molar-refractivity contribution < 1.29 is 22.6 Å². The lowest BCUT2D eigenvalue weighted by Gasteiger charge is -2.30. The Balaban J connectivity index is 2.06. The molecular formula is C25H33F3O2. The molecule has 0 radical (unpaired) electrons. The molecule has 0 aliphatic heterocycles. The highest BCUT2D eigenvalue weighted by Gasteiger charge is 2.38. The minimum absolute atomic E-state index is 0.106. The van der Waals surface area contributed by atoms with E-state index in [0.717, 1.165) is 43.6 Å². The maximum absolute atomic E-state index is 14.2. The van der Waals surface area contributed by atoms with Crippen molar-refractivity contribution in [3.63, 3.8) is 0 Å². The summed E-state index contributed by atoms with van der Waals surface area (Å²) in [4.78, 5) is 0. The zero-order valence-corrected chi connectivity index (χ0v) is 18.3. The number of methoxy groups -OCH3 is 1. The number of ether oxygens (including phenoxy) is 2. The molecule has 0 N–H and O–H groups in total. The number of fused-ring (bicyclic) bond motifs is 1. The van der Waals surface area contributed by atoms with Crippen molar-refractivity contribution in [3.05, 3.63) is 35.4 Å². The van der Waals surface area contributed by atoms with Crippen LogP contribution in [0, 0.1) is 5.92 Å². The molecule has 2 nitrogen and oxygen atoms in total. The Kier molecular flexibility index (Phi) is 7.54. The van der Waals surface area contributed by atoms with Gasteiger partial charge in [0.05, 0.1) is 13.7 Å². The number of unbranched alkanes of at least 4 members (excludes halogenated alkanes) is 1. The van der Waals surface area contributed by atoms with Crippen LogP contribution < -0.4 is 9.47 Å². The summed E-state index contributed by atoms with van der Waals surface area (Å²) >= 11 is 0. The van der Waals surface area contributed by atoms with E-state index in [-0.39, 0.29) is 23.7 Å². The number of halogens is 3. The zero-order chi connectivity index (χ0) is 21.7. The van der Waals surface area contributed by atoms with Crippen molar-refractivity contribution in [1.29, 1.82) is 0 Å². The monoisotopic (exact) mass is 422 g/mol. The molecule has 2 aromatic carbocycles. The molecule has 5 heteroatoms. The summed E-state index contributed by atoms with van der Waals surface area (Å²) in [6, 6.07) is 6.91. The Morgan fingerprint density at radius 2 is 1.67 bits per heavy atom. The molecule has 0 bridgehead atoms. The van der Waals surface area contributed by atoms with Gasteiger partial charge in [0.15, 0.2) is 0 Å². The summed E-state index contributed by atoms with van der Waals surface area (Å²) in [5.74, 6) is 1.23. The number of rotatable bonds is 8. The van der Waals surface area contributed by atoms with Crippen molar-refractivity contribution in [3.8, 4) is 11.5 Å². The van der Waals surface area contributed by atoms with Gasteiger partial charge in [0.2, 0.25) is 0 Å². The van der Waals surface area contributed by atoms with E-state index in [1.807, 2.05) is 13.0 Å². The van der Waals surface area contributed by atoms with E-state index in [2.05, 4.69) is 6.92 Å². The SMILES string of the molecule is CCCCOc1ccc2ccc(C3CCC(CCC)CC3)c(OC)c2c1C(F)(F)F. The van der Waals surface area contributed by atoms with Gasteiger partial charge in [0, 0.05) is 5.39 Å². The number of benzene rings is 2. The predicted octanol–water partition coefficient (Wildman–Crippen LogP) is 8.12. The van der Waals surface area contributed by atoms with E-state index in [0.29, 0.717) is 17.6 Å². The van der Waals surface area contributed by atoms with Crippen LogP contribution in [0.2, 0.25) is 0 Å². The third-order valence-electron chi connectivity index (χ3n) is 6.36. The van der Waals surface area contributed by atoms with E-state index >= 15 is 0 Å². The molecule has 1 fully saturated rings. The fourth-order valence-electron chi connectivity index (χ4n) is 4.82. The molecule has 166 valence electrons. The normalized spacial score (nSPS) is 19.8. The van der Waals surface area contributed by atoms with E-state index in [1.54, 1.807) is 12.1 Å².